The number of nitrogens with one attached hydrogen (secondary N) is 3. The Hall–Kier alpha value is -3.99. The molecule has 0 rings (SSSR count). The zero-order valence-electron chi connectivity index (χ0n) is 18.9. The second-order valence-electron chi connectivity index (χ2n) is 7.44. The summed E-state index contributed by atoms with van der Waals surface area (Å²) in [4.78, 5) is 74.5. The average molecular weight is 504 g/mol. The highest BCUT2D eigenvalue weighted by atomic mass is 16.4. The lowest BCUT2D eigenvalue weighted by Gasteiger charge is -2.23. The molecule has 0 aliphatic heterocycles. The number of hydrogen-bond donors (Lipinski definition) is 10. The number of amides is 5. The largest absolute Gasteiger partial charge is 0.480 e. The van der Waals surface area contributed by atoms with E-state index in [0.717, 1.165) is 0 Å². The molecule has 0 fully saturated rings. The van der Waals surface area contributed by atoms with Crippen LogP contribution in [0.3, 0.4) is 0 Å². The van der Waals surface area contributed by atoms with E-state index < -0.39 is 72.7 Å². The van der Waals surface area contributed by atoms with Gasteiger partial charge in [-0.1, -0.05) is 0 Å². The fraction of sp³-hybridized carbons (Fsp3) is 0.611. The zero-order chi connectivity index (χ0) is 27.1. The van der Waals surface area contributed by atoms with Crippen LogP contribution in [0, 0.1) is 0 Å². The van der Waals surface area contributed by atoms with Gasteiger partial charge in [0.25, 0.3) is 0 Å². The number of primary amides is 2. The summed E-state index contributed by atoms with van der Waals surface area (Å²) in [6.45, 7) is -0.673. The highest BCUT2D eigenvalue weighted by Gasteiger charge is 2.31. The Balaban J connectivity index is 5.18. The molecule has 0 aromatic heterocycles. The Labute approximate surface area is 200 Å². The van der Waals surface area contributed by atoms with E-state index >= 15 is 0 Å². The van der Waals surface area contributed by atoms with Crippen molar-refractivity contribution in [2.45, 2.75) is 56.3 Å². The minimum absolute atomic E-state index is 0.128. The number of guanidine groups is 1. The first-order valence-corrected chi connectivity index (χ1v) is 10.4. The molecule has 4 unspecified atom stereocenters. The molecule has 0 saturated heterocycles. The van der Waals surface area contributed by atoms with E-state index in [9.17, 15) is 39.0 Å². The number of aliphatic carboxylic acids is 1. The van der Waals surface area contributed by atoms with Crippen LogP contribution in [0.2, 0.25) is 0 Å². The smallest absolute Gasteiger partial charge is 0.326 e. The van der Waals surface area contributed by atoms with Crippen molar-refractivity contribution in [3.63, 3.8) is 0 Å². The molecule has 0 aliphatic rings. The second-order valence-corrected chi connectivity index (χ2v) is 7.44. The Morgan fingerprint density at radius 1 is 0.771 bits per heavy atom. The Morgan fingerprint density at radius 2 is 1.31 bits per heavy atom. The van der Waals surface area contributed by atoms with E-state index in [1.54, 1.807) is 0 Å². The number of carbonyl (C=O) groups is 6. The lowest BCUT2D eigenvalue weighted by atomic mass is 10.1. The van der Waals surface area contributed by atoms with E-state index in [-0.39, 0.29) is 31.8 Å². The molecular formula is C18H33N9O8. The molecule has 0 aromatic rings. The summed E-state index contributed by atoms with van der Waals surface area (Å²) in [7, 11) is 0. The lowest BCUT2D eigenvalue weighted by molar-refractivity contribution is -0.142. The highest BCUT2D eigenvalue weighted by Crippen LogP contribution is 2.02. The van der Waals surface area contributed by atoms with E-state index in [2.05, 4.69) is 20.9 Å². The fourth-order valence-electron chi connectivity index (χ4n) is 2.62. The standard InChI is InChI=1S/C18H33N9O8/c19-8(2-1-5-24-18(22)23)14(31)27-11(7-28)16(33)26-10(6-13(21)30)15(32)25-9(17(34)35)3-4-12(20)29/h8-11,28H,1-7,19H2,(H2,20,29)(H2,21,30)(H,25,32)(H,26,33)(H,27,31)(H,34,35)(H4,22,23,24). The SMILES string of the molecule is NC(=O)CCC(NC(=O)C(CC(N)=O)NC(=O)C(CO)NC(=O)C(N)CCCN=C(N)N)C(=O)O. The van der Waals surface area contributed by atoms with Crippen molar-refractivity contribution >= 4 is 41.5 Å². The predicted octanol–water partition coefficient (Wildman–Crippen LogP) is -5.96. The number of carboxylic acid groups (broad SMARTS) is 1. The fourth-order valence-corrected chi connectivity index (χ4v) is 2.62. The molecule has 4 atom stereocenters. The third-order valence-corrected chi connectivity index (χ3v) is 4.45. The van der Waals surface area contributed by atoms with Gasteiger partial charge in [-0.25, -0.2) is 4.79 Å². The molecule has 17 nitrogen and oxygen atoms in total. The first-order valence-electron chi connectivity index (χ1n) is 10.4. The van der Waals surface area contributed by atoms with Gasteiger partial charge in [0.05, 0.1) is 19.1 Å². The molecule has 0 aromatic carbocycles. The van der Waals surface area contributed by atoms with Gasteiger partial charge >= 0.3 is 5.97 Å². The minimum atomic E-state index is -1.64. The van der Waals surface area contributed by atoms with E-state index in [1.807, 2.05) is 0 Å². The first-order chi connectivity index (χ1) is 16.3. The summed E-state index contributed by atoms with van der Waals surface area (Å²) in [5.74, 6) is -6.40. The van der Waals surface area contributed by atoms with Crippen LogP contribution in [0.25, 0.3) is 0 Å². The maximum absolute atomic E-state index is 12.5. The van der Waals surface area contributed by atoms with Crippen LogP contribution >= 0.6 is 0 Å². The van der Waals surface area contributed by atoms with Gasteiger partial charge in [0.15, 0.2) is 5.96 Å². The molecule has 15 N–H and O–H groups in total. The number of aliphatic imine (C=N–C) groups is 1. The summed E-state index contributed by atoms with van der Waals surface area (Å²) in [6.07, 6.45) is -0.921. The molecular weight excluding hydrogens is 470 g/mol. The quantitative estimate of drug-likeness (QED) is 0.0505. The van der Waals surface area contributed by atoms with Crippen LogP contribution in [-0.4, -0.2) is 89.0 Å². The molecule has 5 amide bonds. The van der Waals surface area contributed by atoms with Gasteiger partial charge in [-0.15, -0.1) is 0 Å². The van der Waals surface area contributed by atoms with Gasteiger partial charge < -0.3 is 54.8 Å². The normalized spacial score (nSPS) is 13.9. The minimum Gasteiger partial charge on any atom is -0.480 e. The summed E-state index contributed by atoms with van der Waals surface area (Å²) in [6, 6.07) is -5.82. The van der Waals surface area contributed by atoms with E-state index in [1.165, 1.54) is 0 Å². The van der Waals surface area contributed by atoms with Crippen molar-refractivity contribution in [2.75, 3.05) is 13.2 Å². The summed E-state index contributed by atoms with van der Waals surface area (Å²) < 4.78 is 0. The molecule has 0 aliphatic carbocycles. The van der Waals surface area contributed by atoms with Crippen LogP contribution in [0.4, 0.5) is 0 Å². The molecule has 35 heavy (non-hydrogen) atoms. The Bertz CT molecular complexity index is 816. The number of aliphatic hydroxyl groups excluding tert-OH is 1. The number of hydrogen-bond acceptors (Lipinski definition) is 9. The third kappa shape index (κ3) is 13.3. The molecule has 0 spiro atoms. The molecule has 0 bridgehead atoms. The summed E-state index contributed by atoms with van der Waals surface area (Å²) in [5.41, 5.74) is 26.2. The van der Waals surface area contributed by atoms with Gasteiger partial charge in [0.2, 0.25) is 29.5 Å². The summed E-state index contributed by atoms with van der Waals surface area (Å²) >= 11 is 0. The molecule has 198 valence electrons. The number of nitrogens with two attached hydrogens (primary N) is 5. The molecule has 17 heteroatoms. The van der Waals surface area contributed by atoms with Crippen molar-refractivity contribution < 1.29 is 39.0 Å². The van der Waals surface area contributed by atoms with Gasteiger partial charge in [-0.05, 0) is 19.3 Å². The van der Waals surface area contributed by atoms with Crippen molar-refractivity contribution in [1.82, 2.24) is 16.0 Å². The third-order valence-electron chi connectivity index (χ3n) is 4.45. The number of carbonyl (C=O) groups excluding carboxylic acids is 5. The highest BCUT2D eigenvalue weighted by molar-refractivity contribution is 5.96. The summed E-state index contributed by atoms with van der Waals surface area (Å²) in [5, 5.41) is 25.1. The number of nitrogens with zero attached hydrogens (tertiary/aromatic N) is 1. The van der Waals surface area contributed by atoms with Gasteiger partial charge in [-0.2, -0.15) is 0 Å². The number of aliphatic hydroxyl groups is 1. The number of carboxylic acids is 1. The Kier molecular flexibility index (Phi) is 14.0. The molecule has 0 radical (unpaired) electrons. The van der Waals surface area contributed by atoms with Crippen molar-refractivity contribution in [2.24, 2.45) is 33.7 Å². The average Bonchev–Trinajstić information content (AvgIpc) is 2.75. The zero-order valence-corrected chi connectivity index (χ0v) is 18.9. The molecule has 0 heterocycles. The molecule has 0 saturated carbocycles. The monoisotopic (exact) mass is 503 g/mol. The maximum Gasteiger partial charge on any atom is 0.326 e. The van der Waals surface area contributed by atoms with Crippen molar-refractivity contribution in [1.29, 1.82) is 0 Å². The van der Waals surface area contributed by atoms with E-state index in [0.29, 0.717) is 6.42 Å². The lowest BCUT2D eigenvalue weighted by Crippen LogP contribution is -2.58. The second kappa shape index (κ2) is 15.8. The van der Waals surface area contributed by atoms with Crippen LogP contribution in [-0.2, 0) is 28.8 Å². The van der Waals surface area contributed by atoms with Crippen LogP contribution in [0.5, 0.6) is 0 Å². The van der Waals surface area contributed by atoms with Crippen LogP contribution < -0.4 is 44.6 Å². The van der Waals surface area contributed by atoms with Crippen molar-refractivity contribution in [3.05, 3.63) is 0 Å². The number of rotatable bonds is 17. The van der Waals surface area contributed by atoms with Crippen molar-refractivity contribution in [3.8, 4) is 0 Å². The van der Waals surface area contributed by atoms with Crippen LogP contribution in [0.15, 0.2) is 4.99 Å². The van der Waals surface area contributed by atoms with Crippen LogP contribution in [0.1, 0.15) is 32.1 Å². The van der Waals surface area contributed by atoms with Gasteiger partial charge in [0, 0.05) is 13.0 Å². The Morgan fingerprint density at radius 3 is 1.80 bits per heavy atom. The van der Waals surface area contributed by atoms with Gasteiger partial charge in [0.1, 0.15) is 18.1 Å². The topological polar surface area (TPSA) is 321 Å². The predicted molar refractivity (Wildman–Crippen MR) is 121 cm³/mol. The maximum atomic E-state index is 12.5. The van der Waals surface area contributed by atoms with E-state index in [4.69, 9.17) is 28.7 Å². The first kappa shape index (κ1) is 31.0. The van der Waals surface area contributed by atoms with Gasteiger partial charge in [-0.3, -0.25) is 29.0 Å².